The number of hydrogen-bond acceptors (Lipinski definition) is 4. The lowest BCUT2D eigenvalue weighted by atomic mass is 9.50. The van der Waals surface area contributed by atoms with Gasteiger partial charge in [0.2, 0.25) is 0 Å². The lowest BCUT2D eigenvalue weighted by Gasteiger charge is -2.50. The van der Waals surface area contributed by atoms with Crippen molar-refractivity contribution < 1.29 is 19.2 Å². The van der Waals surface area contributed by atoms with Gasteiger partial charge in [-0.3, -0.25) is 19.2 Å². The normalized spacial score (nSPS) is 38.1. The highest BCUT2D eigenvalue weighted by Gasteiger charge is 2.59. The number of carbonyl (C=O) groups excluding carboxylic acids is 4. The van der Waals surface area contributed by atoms with Gasteiger partial charge in [0.1, 0.15) is 23.1 Å². The molecule has 0 aromatic heterocycles. The summed E-state index contributed by atoms with van der Waals surface area (Å²) in [5.74, 6) is -2.03. The third-order valence-electron chi connectivity index (χ3n) is 9.88. The molecule has 4 nitrogen and oxygen atoms in total. The van der Waals surface area contributed by atoms with Crippen LogP contribution in [0.5, 0.6) is 0 Å². The number of ketones is 4. The summed E-state index contributed by atoms with van der Waals surface area (Å²) >= 11 is 0. The summed E-state index contributed by atoms with van der Waals surface area (Å²) in [5, 5.41) is 0. The van der Waals surface area contributed by atoms with E-state index in [2.05, 4.69) is 24.3 Å². The van der Waals surface area contributed by atoms with Gasteiger partial charge in [-0.15, -0.1) is 0 Å². The highest BCUT2D eigenvalue weighted by atomic mass is 16.2. The van der Waals surface area contributed by atoms with Crippen molar-refractivity contribution in [2.45, 2.75) is 38.5 Å². The molecule has 5 aliphatic rings. The van der Waals surface area contributed by atoms with Crippen LogP contribution in [0.3, 0.4) is 0 Å². The molecule has 2 aromatic rings. The van der Waals surface area contributed by atoms with Crippen LogP contribution >= 0.6 is 0 Å². The quantitative estimate of drug-likeness (QED) is 0.612. The van der Waals surface area contributed by atoms with E-state index in [4.69, 9.17) is 0 Å². The molecule has 3 fully saturated rings. The lowest BCUT2D eigenvalue weighted by Crippen LogP contribution is -2.59. The second kappa shape index (κ2) is 7.31. The second-order valence-corrected chi connectivity index (χ2v) is 11.3. The van der Waals surface area contributed by atoms with E-state index >= 15 is 0 Å². The SMILES string of the molecule is O=C1[C@H]2C[C@H]3C(=O)[C@H]4Cc5ccccc5C[C@H]4C(=O)[C@@H]3C[C@H]2C(=O)[C@H]2Cc3ccccc3C[C@@H]12. The third-order valence-corrected chi connectivity index (χ3v) is 9.88. The monoisotopic (exact) mass is 452 g/mol. The molecular weight excluding hydrogens is 424 g/mol. The van der Waals surface area contributed by atoms with Gasteiger partial charge in [-0.05, 0) is 60.8 Å². The Bertz CT molecular complexity index is 1070. The highest BCUT2D eigenvalue weighted by Crippen LogP contribution is 2.53. The molecule has 0 bridgehead atoms. The van der Waals surface area contributed by atoms with Gasteiger partial charge in [0.05, 0.1) is 0 Å². The fourth-order valence-corrected chi connectivity index (χ4v) is 8.19. The summed E-state index contributed by atoms with van der Waals surface area (Å²) in [6.07, 6.45) is 3.27. The van der Waals surface area contributed by atoms with Gasteiger partial charge in [0, 0.05) is 47.3 Å². The summed E-state index contributed by atoms with van der Waals surface area (Å²) in [4.78, 5) is 54.8. The maximum absolute atomic E-state index is 13.7. The zero-order valence-corrected chi connectivity index (χ0v) is 19.1. The van der Waals surface area contributed by atoms with Gasteiger partial charge in [0.25, 0.3) is 0 Å². The Hall–Kier alpha value is -2.88. The Kier molecular flexibility index (Phi) is 4.40. The van der Waals surface area contributed by atoms with E-state index in [0.29, 0.717) is 38.5 Å². The van der Waals surface area contributed by atoms with Crippen LogP contribution < -0.4 is 0 Å². The molecule has 34 heavy (non-hydrogen) atoms. The molecule has 2 aromatic carbocycles. The molecule has 7 rings (SSSR count). The average Bonchev–Trinajstić information content (AvgIpc) is 2.88. The average molecular weight is 453 g/mol. The van der Waals surface area contributed by atoms with Crippen LogP contribution in [0.25, 0.3) is 0 Å². The topological polar surface area (TPSA) is 68.3 Å². The highest BCUT2D eigenvalue weighted by molar-refractivity contribution is 6.04. The van der Waals surface area contributed by atoms with Crippen LogP contribution in [0.1, 0.15) is 35.1 Å². The zero-order valence-electron chi connectivity index (χ0n) is 19.1. The molecule has 0 heterocycles. The molecule has 0 saturated heterocycles. The van der Waals surface area contributed by atoms with Gasteiger partial charge in [-0.25, -0.2) is 0 Å². The van der Waals surface area contributed by atoms with Crippen molar-refractivity contribution in [1.82, 2.24) is 0 Å². The molecular formula is C30H28O4. The van der Waals surface area contributed by atoms with E-state index in [-0.39, 0.29) is 46.8 Å². The fourth-order valence-electron chi connectivity index (χ4n) is 8.19. The van der Waals surface area contributed by atoms with Gasteiger partial charge in [-0.2, -0.15) is 0 Å². The van der Waals surface area contributed by atoms with Gasteiger partial charge in [0.15, 0.2) is 0 Å². The Balaban J connectivity index is 1.21. The minimum atomic E-state index is -0.399. The molecule has 5 aliphatic carbocycles. The summed E-state index contributed by atoms with van der Waals surface area (Å²) in [7, 11) is 0. The summed E-state index contributed by atoms with van der Waals surface area (Å²) < 4.78 is 0. The first-order chi connectivity index (χ1) is 16.5. The number of benzene rings is 2. The molecule has 0 unspecified atom stereocenters. The predicted octanol–water partition coefficient (Wildman–Crippen LogP) is 3.61. The summed E-state index contributed by atoms with van der Waals surface area (Å²) in [5.41, 5.74) is 4.68. The predicted molar refractivity (Wildman–Crippen MR) is 125 cm³/mol. The van der Waals surface area contributed by atoms with E-state index in [1.807, 2.05) is 24.3 Å². The van der Waals surface area contributed by atoms with Crippen LogP contribution in [0, 0.1) is 47.3 Å². The third kappa shape index (κ3) is 2.77. The smallest absolute Gasteiger partial charge is 0.140 e. The number of fused-ring (bicyclic) bond motifs is 6. The molecule has 4 heteroatoms. The fraction of sp³-hybridized carbons (Fsp3) is 0.467. The molecule has 172 valence electrons. The van der Waals surface area contributed by atoms with Crippen molar-refractivity contribution in [3.05, 3.63) is 70.8 Å². The lowest BCUT2D eigenvalue weighted by molar-refractivity contribution is -0.161. The van der Waals surface area contributed by atoms with Crippen molar-refractivity contribution in [2.75, 3.05) is 0 Å². The van der Waals surface area contributed by atoms with Crippen molar-refractivity contribution in [3.63, 3.8) is 0 Å². The Morgan fingerprint density at radius 2 is 0.618 bits per heavy atom. The van der Waals surface area contributed by atoms with E-state index < -0.39 is 23.7 Å². The number of rotatable bonds is 0. The molecule has 3 saturated carbocycles. The number of hydrogen-bond donors (Lipinski definition) is 0. The molecule has 0 aliphatic heterocycles. The Labute approximate surface area is 199 Å². The van der Waals surface area contributed by atoms with Crippen LogP contribution in [0.15, 0.2) is 48.5 Å². The molecule has 0 amide bonds. The standard InChI is InChI=1S/C30H28O4/c31-27-19-9-15-5-1-2-6-16(15)10-20(19)28(32)24-14-26-25(13-23(24)27)29(33)21-11-17-7-3-4-8-18(17)12-22(21)30(26)34/h1-8,19-26H,9-14H2/t19-,20+,21+,22-,23-,24-,25-,26+/m1/s1. The minimum absolute atomic E-state index is 0.166. The molecule has 0 spiro atoms. The van der Waals surface area contributed by atoms with Gasteiger partial charge < -0.3 is 0 Å². The van der Waals surface area contributed by atoms with Crippen molar-refractivity contribution >= 4 is 23.1 Å². The van der Waals surface area contributed by atoms with E-state index in [1.54, 1.807) is 0 Å². The zero-order chi connectivity index (χ0) is 23.1. The van der Waals surface area contributed by atoms with E-state index in [9.17, 15) is 19.2 Å². The Morgan fingerprint density at radius 3 is 0.853 bits per heavy atom. The molecule has 8 atom stereocenters. The Morgan fingerprint density at radius 1 is 0.382 bits per heavy atom. The van der Waals surface area contributed by atoms with Crippen molar-refractivity contribution in [3.8, 4) is 0 Å². The molecule has 0 radical (unpaired) electrons. The number of Topliss-reactive ketones (excluding diaryl/α,β-unsaturated/α-hetero) is 4. The van der Waals surface area contributed by atoms with Crippen LogP contribution in [0.4, 0.5) is 0 Å². The summed E-state index contributed by atoms with van der Waals surface area (Å²) in [6.45, 7) is 0. The van der Waals surface area contributed by atoms with Crippen LogP contribution in [0.2, 0.25) is 0 Å². The number of carbonyl (C=O) groups is 4. The maximum atomic E-state index is 13.7. The van der Waals surface area contributed by atoms with E-state index in [0.717, 1.165) is 0 Å². The largest absolute Gasteiger partial charge is 0.299 e. The first-order valence-corrected chi connectivity index (χ1v) is 12.8. The van der Waals surface area contributed by atoms with Gasteiger partial charge in [-0.1, -0.05) is 48.5 Å². The first-order valence-electron chi connectivity index (χ1n) is 12.8. The van der Waals surface area contributed by atoms with Gasteiger partial charge >= 0.3 is 0 Å². The minimum Gasteiger partial charge on any atom is -0.299 e. The first kappa shape index (κ1) is 20.5. The second-order valence-electron chi connectivity index (χ2n) is 11.3. The van der Waals surface area contributed by atoms with Crippen molar-refractivity contribution in [1.29, 1.82) is 0 Å². The maximum Gasteiger partial charge on any atom is 0.140 e. The van der Waals surface area contributed by atoms with Crippen molar-refractivity contribution in [2.24, 2.45) is 47.3 Å². The summed E-state index contributed by atoms with van der Waals surface area (Å²) in [6, 6.07) is 16.2. The van der Waals surface area contributed by atoms with Crippen LogP contribution in [-0.4, -0.2) is 23.1 Å². The van der Waals surface area contributed by atoms with E-state index in [1.165, 1.54) is 22.3 Å². The van der Waals surface area contributed by atoms with Crippen LogP contribution in [-0.2, 0) is 44.9 Å². The molecule has 0 N–H and O–H groups in total.